The molecule has 4 nitrogen and oxygen atoms in total. The van der Waals surface area contributed by atoms with E-state index in [1.54, 1.807) is 0 Å². The molecular formula is C5H11FeO4P. The Kier molecular flexibility index (Phi) is 9.39. The number of rotatable bonds is 5. The number of hydrogen-bond donors (Lipinski definition) is 0. The summed E-state index contributed by atoms with van der Waals surface area (Å²) in [6.07, 6.45) is 2.50. The number of unbranched alkanes of at least 4 members (excludes halogenated alkanes) is 2. The molecule has 0 rings (SSSR count). The molecule has 6 heteroatoms. The van der Waals surface area contributed by atoms with Crippen molar-refractivity contribution in [2.45, 2.75) is 26.2 Å². The number of hydrogen-bond acceptors (Lipinski definition) is 4. The molecule has 0 saturated carbocycles. The third kappa shape index (κ3) is 13.6. The van der Waals surface area contributed by atoms with Crippen LogP contribution >= 0.6 is 7.82 Å². The maximum atomic E-state index is 9.84. The second-order valence-electron chi connectivity index (χ2n) is 1.99. The van der Waals surface area contributed by atoms with Gasteiger partial charge in [-0.25, -0.2) is 0 Å². The molecule has 0 aromatic heterocycles. The molecule has 0 N–H and O–H groups in total. The Bertz CT molecular complexity index is 124. The minimum absolute atomic E-state index is 0. The van der Waals surface area contributed by atoms with E-state index in [2.05, 4.69) is 4.52 Å². The van der Waals surface area contributed by atoms with E-state index in [0.29, 0.717) is 6.42 Å². The average molecular weight is 222 g/mol. The first-order valence-corrected chi connectivity index (χ1v) is 4.69. The first-order chi connectivity index (χ1) is 4.56. The first-order valence-electron chi connectivity index (χ1n) is 3.23. The van der Waals surface area contributed by atoms with Gasteiger partial charge in [0.25, 0.3) is 0 Å². The summed E-state index contributed by atoms with van der Waals surface area (Å²) in [6.45, 7) is 2.01. The standard InChI is InChI=1S/C5H13O4P.Fe/c1-2-3-4-5-9-10(6,7)8;/h2-5H2,1H3,(H2,6,7,8);/q;+2/p-2. The van der Waals surface area contributed by atoms with Gasteiger partial charge in [-0.3, -0.25) is 0 Å². The second kappa shape index (κ2) is 7.29. The zero-order chi connectivity index (χ0) is 8.04. The zero-order valence-electron chi connectivity index (χ0n) is 6.26. The molecular weight excluding hydrogens is 211 g/mol. The molecule has 0 amide bonds. The monoisotopic (exact) mass is 222 g/mol. The van der Waals surface area contributed by atoms with Crippen LogP contribution in [0.15, 0.2) is 0 Å². The van der Waals surface area contributed by atoms with E-state index >= 15 is 0 Å². The van der Waals surface area contributed by atoms with E-state index in [-0.39, 0.29) is 23.7 Å². The Morgan fingerprint density at radius 1 is 1.36 bits per heavy atom. The van der Waals surface area contributed by atoms with Crippen molar-refractivity contribution in [2.75, 3.05) is 6.61 Å². The molecule has 0 aromatic carbocycles. The molecule has 0 unspecified atom stereocenters. The van der Waals surface area contributed by atoms with E-state index < -0.39 is 7.82 Å². The Labute approximate surface area is 77.0 Å². The van der Waals surface area contributed by atoms with Gasteiger partial charge in [0.05, 0.1) is 14.4 Å². The molecule has 0 atom stereocenters. The van der Waals surface area contributed by atoms with Gasteiger partial charge in [-0.05, 0) is 6.42 Å². The number of phosphoric acid groups is 1. The molecule has 0 aliphatic carbocycles. The molecule has 0 aromatic rings. The summed E-state index contributed by atoms with van der Waals surface area (Å²) in [5, 5.41) is 0. The molecule has 0 radical (unpaired) electrons. The van der Waals surface area contributed by atoms with Gasteiger partial charge in [0, 0.05) is 0 Å². The van der Waals surface area contributed by atoms with Gasteiger partial charge in [0.1, 0.15) is 0 Å². The summed E-state index contributed by atoms with van der Waals surface area (Å²) >= 11 is 0. The average Bonchev–Trinajstić information content (AvgIpc) is 1.78. The quantitative estimate of drug-likeness (QED) is 0.373. The van der Waals surface area contributed by atoms with Crippen molar-refractivity contribution in [1.29, 1.82) is 0 Å². The summed E-state index contributed by atoms with van der Waals surface area (Å²) in [5.74, 6) is 0. The van der Waals surface area contributed by atoms with Crippen molar-refractivity contribution < 1.29 is 35.9 Å². The molecule has 0 aliphatic rings. The first kappa shape index (κ1) is 14.2. The molecule has 11 heavy (non-hydrogen) atoms. The fourth-order valence-corrected chi connectivity index (χ4v) is 0.881. The summed E-state index contributed by atoms with van der Waals surface area (Å²) in [7, 11) is -4.71. The normalized spacial score (nSPS) is 10.8. The van der Waals surface area contributed by atoms with Crippen LogP contribution in [-0.4, -0.2) is 6.61 Å². The summed E-state index contributed by atoms with van der Waals surface area (Å²) in [6, 6.07) is 0. The van der Waals surface area contributed by atoms with E-state index in [1.807, 2.05) is 6.92 Å². The van der Waals surface area contributed by atoms with Gasteiger partial charge in [0.15, 0.2) is 0 Å². The maximum Gasteiger partial charge on any atom is 2.00 e. The Morgan fingerprint density at radius 3 is 2.27 bits per heavy atom. The van der Waals surface area contributed by atoms with Gasteiger partial charge in [-0.2, -0.15) is 0 Å². The van der Waals surface area contributed by atoms with Crippen LogP contribution in [0.1, 0.15) is 26.2 Å². The van der Waals surface area contributed by atoms with Crippen LogP contribution in [0, 0.1) is 0 Å². The van der Waals surface area contributed by atoms with Gasteiger partial charge in [0.2, 0.25) is 0 Å². The molecule has 0 aliphatic heterocycles. The summed E-state index contributed by atoms with van der Waals surface area (Å²) in [4.78, 5) is 19.7. The minimum Gasteiger partial charge on any atom is -0.790 e. The van der Waals surface area contributed by atoms with Crippen molar-refractivity contribution in [1.82, 2.24) is 0 Å². The van der Waals surface area contributed by atoms with Crippen molar-refractivity contribution in [3.05, 3.63) is 0 Å². The second-order valence-corrected chi connectivity index (χ2v) is 3.14. The van der Waals surface area contributed by atoms with Crippen LogP contribution in [0.3, 0.4) is 0 Å². The van der Waals surface area contributed by atoms with Crippen LogP contribution in [0.25, 0.3) is 0 Å². The fraction of sp³-hybridized carbons (Fsp3) is 1.00. The van der Waals surface area contributed by atoms with Crippen molar-refractivity contribution in [2.24, 2.45) is 0 Å². The molecule has 68 valence electrons. The van der Waals surface area contributed by atoms with E-state index in [0.717, 1.165) is 12.8 Å². The third-order valence-electron chi connectivity index (χ3n) is 0.997. The summed E-state index contributed by atoms with van der Waals surface area (Å²) in [5.41, 5.74) is 0. The van der Waals surface area contributed by atoms with Crippen molar-refractivity contribution in [3.63, 3.8) is 0 Å². The third-order valence-corrected chi connectivity index (χ3v) is 1.50. The van der Waals surface area contributed by atoms with Gasteiger partial charge in [-0.15, -0.1) is 0 Å². The van der Waals surface area contributed by atoms with Crippen LogP contribution in [0.4, 0.5) is 0 Å². The smallest absolute Gasteiger partial charge is 0.790 e. The molecule has 0 heterocycles. The predicted molar refractivity (Wildman–Crippen MR) is 33.1 cm³/mol. The van der Waals surface area contributed by atoms with E-state index in [9.17, 15) is 14.4 Å². The van der Waals surface area contributed by atoms with Gasteiger partial charge in [-0.1, -0.05) is 19.8 Å². The SMILES string of the molecule is CCCCCOP(=O)([O-])[O-].[Fe+2]. The van der Waals surface area contributed by atoms with E-state index in [1.165, 1.54) is 0 Å². The van der Waals surface area contributed by atoms with Gasteiger partial charge < -0.3 is 18.9 Å². The zero-order valence-corrected chi connectivity index (χ0v) is 8.26. The fourth-order valence-electron chi connectivity index (χ4n) is 0.528. The largest absolute Gasteiger partial charge is 2.00 e. The number of phosphoric ester groups is 1. The molecule has 0 spiro atoms. The molecule has 0 bridgehead atoms. The van der Waals surface area contributed by atoms with Crippen molar-refractivity contribution >= 4 is 7.82 Å². The van der Waals surface area contributed by atoms with Crippen LogP contribution < -0.4 is 9.79 Å². The van der Waals surface area contributed by atoms with Crippen LogP contribution in [0.5, 0.6) is 0 Å². The van der Waals surface area contributed by atoms with Crippen LogP contribution in [0.2, 0.25) is 0 Å². The van der Waals surface area contributed by atoms with Crippen molar-refractivity contribution in [3.8, 4) is 0 Å². The Morgan fingerprint density at radius 2 is 1.91 bits per heavy atom. The minimum atomic E-state index is -4.71. The molecule has 0 fully saturated rings. The topological polar surface area (TPSA) is 72.4 Å². The van der Waals surface area contributed by atoms with Crippen LogP contribution in [-0.2, 0) is 26.2 Å². The Hall–Kier alpha value is 0.629. The maximum absolute atomic E-state index is 9.84. The van der Waals surface area contributed by atoms with E-state index in [4.69, 9.17) is 0 Å². The predicted octanol–water partition coefficient (Wildman–Crippen LogP) is 0.0194. The molecule has 0 saturated heterocycles. The van der Waals surface area contributed by atoms with Gasteiger partial charge >= 0.3 is 17.1 Å². The Balaban J connectivity index is 0. The summed E-state index contributed by atoms with van der Waals surface area (Å²) < 4.78 is 13.8.